The van der Waals surface area contributed by atoms with Crippen LogP contribution in [0.25, 0.3) is 0 Å². The molecule has 13 heavy (non-hydrogen) atoms. The Bertz CT molecular complexity index is 254. The Kier molecular flexibility index (Phi) is 3.90. The third kappa shape index (κ3) is 2.81. The van der Waals surface area contributed by atoms with Crippen LogP contribution in [-0.4, -0.2) is 18.1 Å². The van der Waals surface area contributed by atoms with Crippen molar-refractivity contribution in [2.45, 2.75) is 32.7 Å². The van der Waals surface area contributed by atoms with Crippen LogP contribution in [0.2, 0.25) is 0 Å². The van der Waals surface area contributed by atoms with E-state index in [-0.39, 0.29) is 0 Å². The number of pyridine rings is 1. The molecule has 72 valence electrons. The number of likely N-dealkylation sites (N-methyl/N-ethyl adjacent to an activating group) is 1. The molecule has 0 saturated carbocycles. The Morgan fingerprint density at radius 1 is 1.54 bits per heavy atom. The number of nitrogens with zero attached hydrogens (tertiary/aromatic N) is 1. The van der Waals surface area contributed by atoms with Gasteiger partial charge in [0.15, 0.2) is 0 Å². The van der Waals surface area contributed by atoms with Gasteiger partial charge >= 0.3 is 0 Å². The summed E-state index contributed by atoms with van der Waals surface area (Å²) in [5.41, 5.74) is 2.50. The fraction of sp³-hybridized carbons (Fsp3) is 0.545. The monoisotopic (exact) mass is 178 g/mol. The zero-order chi connectivity index (χ0) is 9.68. The molecule has 1 aromatic heterocycles. The number of nitrogens with one attached hydrogen (secondary N) is 1. The molecule has 0 radical (unpaired) electrons. The molecule has 2 heteroatoms. The Hall–Kier alpha value is -0.890. The SMILES string of the molecule is CCC(Cc1ncccc1C)NC. The smallest absolute Gasteiger partial charge is 0.0448 e. The molecule has 0 aliphatic rings. The first-order valence-electron chi connectivity index (χ1n) is 4.85. The van der Waals surface area contributed by atoms with Gasteiger partial charge in [0.25, 0.3) is 0 Å². The quantitative estimate of drug-likeness (QED) is 0.762. The fourth-order valence-electron chi connectivity index (χ4n) is 1.42. The van der Waals surface area contributed by atoms with Crippen molar-refractivity contribution < 1.29 is 0 Å². The highest BCUT2D eigenvalue weighted by molar-refractivity contribution is 5.18. The molecule has 0 aliphatic heterocycles. The second-order valence-corrected chi connectivity index (χ2v) is 3.36. The highest BCUT2D eigenvalue weighted by Gasteiger charge is 2.06. The van der Waals surface area contributed by atoms with Gasteiger partial charge < -0.3 is 5.32 Å². The summed E-state index contributed by atoms with van der Waals surface area (Å²) in [5, 5.41) is 3.29. The predicted octanol–water partition coefficient (Wildman–Crippen LogP) is 1.93. The van der Waals surface area contributed by atoms with E-state index in [1.54, 1.807) is 0 Å². The lowest BCUT2D eigenvalue weighted by Gasteiger charge is -2.14. The molecule has 1 unspecified atom stereocenters. The number of hydrogen-bond donors (Lipinski definition) is 1. The van der Waals surface area contributed by atoms with Crippen LogP contribution >= 0.6 is 0 Å². The summed E-state index contributed by atoms with van der Waals surface area (Å²) in [5.74, 6) is 0. The van der Waals surface area contributed by atoms with Crippen LogP contribution in [0.3, 0.4) is 0 Å². The summed E-state index contributed by atoms with van der Waals surface area (Å²) in [6, 6.07) is 4.65. The molecule has 1 atom stereocenters. The summed E-state index contributed by atoms with van der Waals surface area (Å²) < 4.78 is 0. The number of rotatable bonds is 4. The average molecular weight is 178 g/mol. The number of hydrogen-bond acceptors (Lipinski definition) is 2. The van der Waals surface area contributed by atoms with Crippen molar-refractivity contribution in [1.29, 1.82) is 0 Å². The van der Waals surface area contributed by atoms with Gasteiger partial charge in [0.2, 0.25) is 0 Å². The van der Waals surface area contributed by atoms with Crippen molar-refractivity contribution in [1.82, 2.24) is 10.3 Å². The van der Waals surface area contributed by atoms with Gasteiger partial charge in [-0.15, -0.1) is 0 Å². The van der Waals surface area contributed by atoms with E-state index in [1.807, 2.05) is 19.3 Å². The molecule has 1 rings (SSSR count). The summed E-state index contributed by atoms with van der Waals surface area (Å²) in [7, 11) is 2.01. The standard InChI is InChI=1S/C11H18N2/c1-4-10(12-3)8-11-9(2)6-5-7-13-11/h5-7,10,12H,4,8H2,1-3H3. The second kappa shape index (κ2) is 4.97. The van der Waals surface area contributed by atoms with Crippen molar-refractivity contribution in [2.24, 2.45) is 0 Å². The van der Waals surface area contributed by atoms with Crippen LogP contribution < -0.4 is 5.32 Å². The summed E-state index contributed by atoms with van der Waals surface area (Å²) >= 11 is 0. The minimum absolute atomic E-state index is 0.550. The molecule has 0 fully saturated rings. The number of aryl methyl sites for hydroxylation is 1. The van der Waals surface area contributed by atoms with Crippen LogP contribution in [0.1, 0.15) is 24.6 Å². The molecular formula is C11H18N2. The summed E-state index contributed by atoms with van der Waals surface area (Å²) in [6.07, 6.45) is 4.04. The van der Waals surface area contributed by atoms with Gasteiger partial charge in [-0.3, -0.25) is 4.98 Å². The topological polar surface area (TPSA) is 24.9 Å². The van der Waals surface area contributed by atoms with E-state index in [9.17, 15) is 0 Å². The molecule has 2 nitrogen and oxygen atoms in total. The lowest BCUT2D eigenvalue weighted by molar-refractivity contribution is 0.536. The molecule has 0 aliphatic carbocycles. The zero-order valence-electron chi connectivity index (χ0n) is 8.67. The van der Waals surface area contributed by atoms with Crippen LogP contribution in [0, 0.1) is 6.92 Å². The van der Waals surface area contributed by atoms with Crippen LogP contribution in [0.4, 0.5) is 0 Å². The normalized spacial score (nSPS) is 12.8. The Labute approximate surface area is 80.4 Å². The van der Waals surface area contributed by atoms with E-state index in [4.69, 9.17) is 0 Å². The second-order valence-electron chi connectivity index (χ2n) is 3.36. The van der Waals surface area contributed by atoms with E-state index in [0.29, 0.717) is 6.04 Å². The van der Waals surface area contributed by atoms with E-state index in [2.05, 4.69) is 30.2 Å². The largest absolute Gasteiger partial charge is 0.317 e. The first kappa shape index (κ1) is 10.2. The average Bonchev–Trinajstić information content (AvgIpc) is 2.17. The predicted molar refractivity (Wildman–Crippen MR) is 55.8 cm³/mol. The van der Waals surface area contributed by atoms with E-state index in [0.717, 1.165) is 12.8 Å². The van der Waals surface area contributed by atoms with Crippen molar-refractivity contribution in [3.63, 3.8) is 0 Å². The molecule has 0 amide bonds. The summed E-state index contributed by atoms with van der Waals surface area (Å²) in [4.78, 5) is 4.37. The first-order valence-corrected chi connectivity index (χ1v) is 4.85. The third-order valence-corrected chi connectivity index (χ3v) is 2.46. The maximum atomic E-state index is 4.37. The van der Waals surface area contributed by atoms with Crippen molar-refractivity contribution >= 4 is 0 Å². The molecular weight excluding hydrogens is 160 g/mol. The Morgan fingerprint density at radius 2 is 2.31 bits per heavy atom. The maximum Gasteiger partial charge on any atom is 0.0448 e. The highest BCUT2D eigenvalue weighted by Crippen LogP contribution is 2.07. The Morgan fingerprint density at radius 3 is 2.85 bits per heavy atom. The molecule has 1 aromatic rings. The Balaban J connectivity index is 2.67. The molecule has 1 N–H and O–H groups in total. The van der Waals surface area contributed by atoms with Gasteiger partial charge in [-0.2, -0.15) is 0 Å². The molecule has 0 aromatic carbocycles. The third-order valence-electron chi connectivity index (χ3n) is 2.46. The van der Waals surface area contributed by atoms with Crippen LogP contribution in [0.15, 0.2) is 18.3 Å². The van der Waals surface area contributed by atoms with Gasteiger partial charge in [0, 0.05) is 24.4 Å². The van der Waals surface area contributed by atoms with Gasteiger partial charge in [0.1, 0.15) is 0 Å². The van der Waals surface area contributed by atoms with E-state index in [1.165, 1.54) is 11.3 Å². The lowest BCUT2D eigenvalue weighted by atomic mass is 10.1. The molecule has 0 bridgehead atoms. The van der Waals surface area contributed by atoms with Crippen molar-refractivity contribution in [3.8, 4) is 0 Å². The minimum Gasteiger partial charge on any atom is -0.317 e. The van der Waals surface area contributed by atoms with Crippen LogP contribution in [0.5, 0.6) is 0 Å². The zero-order valence-corrected chi connectivity index (χ0v) is 8.67. The van der Waals surface area contributed by atoms with Gasteiger partial charge in [-0.25, -0.2) is 0 Å². The van der Waals surface area contributed by atoms with Crippen molar-refractivity contribution in [2.75, 3.05) is 7.05 Å². The summed E-state index contributed by atoms with van der Waals surface area (Å²) in [6.45, 7) is 4.31. The maximum absolute atomic E-state index is 4.37. The van der Waals surface area contributed by atoms with Crippen molar-refractivity contribution in [3.05, 3.63) is 29.6 Å². The molecule has 0 saturated heterocycles. The van der Waals surface area contributed by atoms with Gasteiger partial charge in [0.05, 0.1) is 0 Å². The van der Waals surface area contributed by atoms with Crippen LogP contribution in [-0.2, 0) is 6.42 Å². The van der Waals surface area contributed by atoms with Gasteiger partial charge in [-0.1, -0.05) is 13.0 Å². The van der Waals surface area contributed by atoms with Gasteiger partial charge in [-0.05, 0) is 32.0 Å². The molecule has 0 spiro atoms. The fourth-order valence-corrected chi connectivity index (χ4v) is 1.42. The highest BCUT2D eigenvalue weighted by atomic mass is 14.9. The number of aromatic nitrogens is 1. The van der Waals surface area contributed by atoms with E-state index < -0.39 is 0 Å². The molecule has 1 heterocycles. The lowest BCUT2D eigenvalue weighted by Crippen LogP contribution is -2.27. The minimum atomic E-state index is 0.550. The first-order chi connectivity index (χ1) is 6.27. The van der Waals surface area contributed by atoms with E-state index >= 15 is 0 Å².